The van der Waals surface area contributed by atoms with Crippen molar-refractivity contribution in [3.8, 4) is 0 Å². The monoisotopic (exact) mass is 397 g/mol. The molecular formula is C25H39N3O. The van der Waals surface area contributed by atoms with Crippen LogP contribution in [0.2, 0.25) is 0 Å². The van der Waals surface area contributed by atoms with Gasteiger partial charge in [0.15, 0.2) is 0 Å². The quantitative estimate of drug-likeness (QED) is 0.613. The van der Waals surface area contributed by atoms with E-state index in [4.69, 9.17) is 5.73 Å². The summed E-state index contributed by atoms with van der Waals surface area (Å²) in [4.78, 5) is 17.2. The summed E-state index contributed by atoms with van der Waals surface area (Å²) < 4.78 is 0. The third kappa shape index (κ3) is 6.19. The molecule has 0 aromatic carbocycles. The number of hydrogen-bond donors (Lipinski definition) is 2. The molecule has 0 fully saturated rings. The maximum atomic E-state index is 13.0. The summed E-state index contributed by atoms with van der Waals surface area (Å²) in [7, 11) is 0. The third-order valence-electron chi connectivity index (χ3n) is 6.52. The Labute approximate surface area is 177 Å². The number of nitrogens with two attached hydrogens (primary N) is 1. The van der Waals surface area contributed by atoms with Gasteiger partial charge in [-0.05, 0) is 55.4 Å². The molecule has 0 saturated carbocycles. The van der Waals surface area contributed by atoms with E-state index in [0.29, 0.717) is 29.1 Å². The number of aromatic nitrogens is 1. The highest BCUT2D eigenvalue weighted by molar-refractivity contribution is 6.06. The molecule has 1 aromatic heterocycles. The summed E-state index contributed by atoms with van der Waals surface area (Å²) in [5.74, 6) is 1.68. The van der Waals surface area contributed by atoms with E-state index in [1.807, 2.05) is 6.92 Å². The summed E-state index contributed by atoms with van der Waals surface area (Å²) in [6, 6.07) is 1.77. The molecule has 1 aliphatic carbocycles. The predicted molar refractivity (Wildman–Crippen MR) is 124 cm³/mol. The number of allylic oxidation sites excluding steroid dienone is 2. The number of carbonyl (C=O) groups is 1. The molecule has 0 bridgehead atoms. The number of hydrogen-bond acceptors (Lipinski definition) is 3. The Bertz CT molecular complexity index is 786. The number of aryl methyl sites for hydroxylation is 1. The van der Waals surface area contributed by atoms with Gasteiger partial charge in [0.25, 0.3) is 5.91 Å². The van der Waals surface area contributed by atoms with Crippen molar-refractivity contribution in [2.75, 3.05) is 11.1 Å². The van der Waals surface area contributed by atoms with Crippen LogP contribution < -0.4 is 11.1 Å². The molecule has 29 heavy (non-hydrogen) atoms. The van der Waals surface area contributed by atoms with Crippen LogP contribution in [0.4, 0.5) is 11.4 Å². The molecule has 1 aromatic rings. The molecule has 0 aliphatic heterocycles. The SMILES string of the molecule is CCCC1=CC(C(=O)Nc2cnc(C)c(N)c2)=CCC(C)C(C(C)C(C)(C)C)C1. The number of nitrogen functional groups attached to an aromatic ring is 1. The fourth-order valence-corrected chi connectivity index (χ4v) is 4.12. The van der Waals surface area contributed by atoms with Crippen molar-refractivity contribution in [2.24, 2.45) is 23.2 Å². The topological polar surface area (TPSA) is 68.0 Å². The Hall–Kier alpha value is -2.10. The molecule has 0 saturated heterocycles. The molecule has 160 valence electrons. The average molecular weight is 398 g/mol. The zero-order valence-electron chi connectivity index (χ0n) is 19.3. The highest BCUT2D eigenvalue weighted by Crippen LogP contribution is 2.41. The zero-order chi connectivity index (χ0) is 21.8. The first kappa shape index (κ1) is 23.2. The van der Waals surface area contributed by atoms with Crippen molar-refractivity contribution in [3.63, 3.8) is 0 Å². The minimum atomic E-state index is -0.0850. The molecule has 1 amide bonds. The summed E-state index contributed by atoms with van der Waals surface area (Å²) >= 11 is 0. The zero-order valence-corrected chi connectivity index (χ0v) is 19.3. The number of rotatable bonds is 5. The molecule has 3 N–H and O–H groups in total. The maximum absolute atomic E-state index is 13.0. The standard InChI is InChI=1S/C25H39N3O/c1-8-9-19-12-20(24(29)28-21-14-23(26)18(4)27-15-21)11-10-16(2)22(13-19)17(3)25(5,6)7/h11-12,14-17,22H,8-10,13,26H2,1-7H3,(H,28,29). The molecule has 4 heteroatoms. The fourth-order valence-electron chi connectivity index (χ4n) is 4.12. The molecule has 0 radical (unpaired) electrons. The number of pyridine rings is 1. The van der Waals surface area contributed by atoms with E-state index in [1.165, 1.54) is 5.57 Å². The van der Waals surface area contributed by atoms with Gasteiger partial charge in [-0.25, -0.2) is 0 Å². The van der Waals surface area contributed by atoms with Crippen LogP contribution in [0.3, 0.4) is 0 Å². The highest BCUT2D eigenvalue weighted by atomic mass is 16.1. The Morgan fingerprint density at radius 3 is 2.66 bits per heavy atom. The van der Waals surface area contributed by atoms with E-state index in [9.17, 15) is 4.79 Å². The fraction of sp³-hybridized carbons (Fsp3) is 0.600. The molecule has 2 rings (SSSR count). The Balaban J connectivity index is 2.26. The second-order valence-corrected chi connectivity index (χ2v) is 9.80. The van der Waals surface area contributed by atoms with Gasteiger partial charge in [0, 0.05) is 5.57 Å². The Kier molecular flexibility index (Phi) is 7.67. The first-order chi connectivity index (χ1) is 13.5. The number of anilines is 2. The lowest BCUT2D eigenvalue weighted by atomic mass is 9.66. The lowest BCUT2D eigenvalue weighted by Gasteiger charge is -2.39. The van der Waals surface area contributed by atoms with E-state index in [1.54, 1.807) is 12.3 Å². The van der Waals surface area contributed by atoms with Crippen LogP contribution >= 0.6 is 0 Å². The van der Waals surface area contributed by atoms with Crippen LogP contribution in [0.5, 0.6) is 0 Å². The summed E-state index contributed by atoms with van der Waals surface area (Å²) in [5, 5.41) is 2.97. The normalized spacial score (nSPS) is 21.5. The lowest BCUT2D eigenvalue weighted by molar-refractivity contribution is -0.112. The van der Waals surface area contributed by atoms with Crippen molar-refractivity contribution in [1.29, 1.82) is 0 Å². The van der Waals surface area contributed by atoms with Gasteiger partial charge in [0.1, 0.15) is 0 Å². The van der Waals surface area contributed by atoms with Gasteiger partial charge >= 0.3 is 0 Å². The molecule has 4 nitrogen and oxygen atoms in total. The molecule has 1 aliphatic rings. The van der Waals surface area contributed by atoms with E-state index in [-0.39, 0.29) is 11.3 Å². The second-order valence-electron chi connectivity index (χ2n) is 9.80. The van der Waals surface area contributed by atoms with Crippen LogP contribution in [0.15, 0.2) is 35.6 Å². The van der Waals surface area contributed by atoms with Crippen LogP contribution in [0.25, 0.3) is 0 Å². The summed E-state index contributed by atoms with van der Waals surface area (Å²) in [6.45, 7) is 15.8. The summed E-state index contributed by atoms with van der Waals surface area (Å²) in [6.07, 6.45) is 10.00. The molecular weight excluding hydrogens is 358 g/mol. The predicted octanol–water partition coefficient (Wildman–Crippen LogP) is 6.29. The van der Waals surface area contributed by atoms with Gasteiger partial charge in [-0.15, -0.1) is 0 Å². The highest BCUT2D eigenvalue weighted by Gasteiger charge is 2.32. The number of carbonyl (C=O) groups excluding carboxylic acids is 1. The van der Waals surface area contributed by atoms with Crippen molar-refractivity contribution in [2.45, 2.75) is 74.1 Å². The smallest absolute Gasteiger partial charge is 0.255 e. The van der Waals surface area contributed by atoms with E-state index < -0.39 is 0 Å². The van der Waals surface area contributed by atoms with E-state index in [0.717, 1.165) is 37.0 Å². The van der Waals surface area contributed by atoms with Crippen molar-refractivity contribution in [1.82, 2.24) is 4.98 Å². The van der Waals surface area contributed by atoms with Gasteiger partial charge in [-0.1, -0.05) is 65.7 Å². The van der Waals surface area contributed by atoms with Crippen molar-refractivity contribution < 1.29 is 4.79 Å². The second kappa shape index (κ2) is 9.60. The Morgan fingerprint density at radius 1 is 1.38 bits per heavy atom. The summed E-state index contributed by atoms with van der Waals surface area (Å²) in [5.41, 5.74) is 10.3. The van der Waals surface area contributed by atoms with Crippen LogP contribution in [-0.4, -0.2) is 10.9 Å². The number of amides is 1. The number of nitrogens with one attached hydrogen (secondary N) is 1. The molecule has 3 atom stereocenters. The van der Waals surface area contributed by atoms with Gasteiger partial charge in [-0.3, -0.25) is 9.78 Å². The molecule has 1 heterocycles. The van der Waals surface area contributed by atoms with Crippen molar-refractivity contribution >= 4 is 17.3 Å². The molecule has 0 spiro atoms. The van der Waals surface area contributed by atoms with Crippen LogP contribution in [-0.2, 0) is 4.79 Å². The lowest BCUT2D eigenvalue weighted by Crippen LogP contribution is -2.31. The third-order valence-corrected chi connectivity index (χ3v) is 6.52. The first-order valence-electron chi connectivity index (χ1n) is 11.0. The molecule has 3 unspecified atom stereocenters. The number of nitrogens with zero attached hydrogens (tertiary/aromatic N) is 1. The van der Waals surface area contributed by atoms with Crippen LogP contribution in [0.1, 0.15) is 72.9 Å². The van der Waals surface area contributed by atoms with Crippen LogP contribution in [0, 0.1) is 30.1 Å². The van der Waals surface area contributed by atoms with Gasteiger partial charge < -0.3 is 11.1 Å². The maximum Gasteiger partial charge on any atom is 0.255 e. The van der Waals surface area contributed by atoms with Gasteiger partial charge in [0.2, 0.25) is 0 Å². The van der Waals surface area contributed by atoms with E-state index in [2.05, 4.69) is 64.0 Å². The average Bonchev–Trinajstić information content (AvgIpc) is 2.62. The van der Waals surface area contributed by atoms with Gasteiger partial charge in [0.05, 0.1) is 23.3 Å². The van der Waals surface area contributed by atoms with Crippen molar-refractivity contribution in [3.05, 3.63) is 41.3 Å². The minimum absolute atomic E-state index is 0.0850. The Morgan fingerprint density at radius 2 is 2.07 bits per heavy atom. The minimum Gasteiger partial charge on any atom is -0.397 e. The van der Waals surface area contributed by atoms with E-state index >= 15 is 0 Å². The largest absolute Gasteiger partial charge is 0.397 e. The first-order valence-corrected chi connectivity index (χ1v) is 11.0. The van der Waals surface area contributed by atoms with Gasteiger partial charge in [-0.2, -0.15) is 0 Å².